The van der Waals surface area contributed by atoms with Crippen LogP contribution < -0.4 is 10.2 Å². The quantitative estimate of drug-likeness (QED) is 0.840. The average molecular weight is 263 g/mol. The molecule has 2 heterocycles. The third-order valence-electron chi connectivity index (χ3n) is 3.78. The summed E-state index contributed by atoms with van der Waals surface area (Å²) >= 11 is 0. The molecular weight excluding hydrogens is 238 g/mol. The van der Waals surface area contributed by atoms with Crippen LogP contribution in [0.4, 0.5) is 5.82 Å². The summed E-state index contributed by atoms with van der Waals surface area (Å²) in [4.78, 5) is 14.1. The molecule has 0 saturated heterocycles. The second kappa shape index (κ2) is 6.82. The standard InChI is InChI=1S/C14H25N5/c1-4-19-8-5-12-13(6-9-19)17-14(11-16-12)18(3)10-7-15-2/h11,15H,4-10H2,1-3H3. The maximum Gasteiger partial charge on any atom is 0.147 e. The molecule has 0 aliphatic carbocycles. The molecule has 0 fully saturated rings. The van der Waals surface area contributed by atoms with Crippen LogP contribution in [0.3, 0.4) is 0 Å². The van der Waals surface area contributed by atoms with Crippen LogP contribution in [0, 0.1) is 0 Å². The molecule has 0 radical (unpaired) electrons. The Bertz CT molecular complexity index is 407. The zero-order chi connectivity index (χ0) is 13.7. The highest BCUT2D eigenvalue weighted by molar-refractivity contribution is 5.37. The van der Waals surface area contributed by atoms with Crippen LogP contribution in [0.5, 0.6) is 0 Å². The van der Waals surface area contributed by atoms with Gasteiger partial charge in [-0.1, -0.05) is 6.92 Å². The maximum absolute atomic E-state index is 4.80. The number of likely N-dealkylation sites (N-methyl/N-ethyl adjacent to an activating group) is 3. The van der Waals surface area contributed by atoms with Gasteiger partial charge in [0.15, 0.2) is 0 Å². The van der Waals surface area contributed by atoms with Crippen molar-refractivity contribution in [3.05, 3.63) is 17.6 Å². The molecule has 1 aliphatic rings. The van der Waals surface area contributed by atoms with Crippen molar-refractivity contribution in [2.45, 2.75) is 19.8 Å². The van der Waals surface area contributed by atoms with Gasteiger partial charge < -0.3 is 15.1 Å². The van der Waals surface area contributed by atoms with Crippen LogP contribution in [0.2, 0.25) is 0 Å². The lowest BCUT2D eigenvalue weighted by molar-refractivity contribution is 0.302. The van der Waals surface area contributed by atoms with Gasteiger partial charge in [-0.3, -0.25) is 4.98 Å². The second-order valence-electron chi connectivity index (χ2n) is 5.08. The van der Waals surface area contributed by atoms with E-state index in [1.807, 2.05) is 13.2 Å². The number of anilines is 1. The van der Waals surface area contributed by atoms with Crippen molar-refractivity contribution in [3.8, 4) is 0 Å². The summed E-state index contributed by atoms with van der Waals surface area (Å²) in [5, 5.41) is 3.16. The first-order valence-corrected chi connectivity index (χ1v) is 7.17. The SMILES string of the molecule is CCN1CCc2ncc(N(C)CCNC)nc2CC1. The molecule has 5 heteroatoms. The summed E-state index contributed by atoms with van der Waals surface area (Å²) in [7, 11) is 4.04. The molecule has 1 aromatic rings. The van der Waals surface area contributed by atoms with Crippen molar-refractivity contribution in [3.63, 3.8) is 0 Å². The van der Waals surface area contributed by atoms with Gasteiger partial charge in [-0.15, -0.1) is 0 Å². The monoisotopic (exact) mass is 263 g/mol. The molecule has 1 aromatic heterocycles. The van der Waals surface area contributed by atoms with E-state index in [0.29, 0.717) is 0 Å². The van der Waals surface area contributed by atoms with Crippen LogP contribution >= 0.6 is 0 Å². The van der Waals surface area contributed by atoms with Crippen LogP contribution in [-0.4, -0.2) is 61.7 Å². The van der Waals surface area contributed by atoms with E-state index in [1.54, 1.807) is 0 Å². The van der Waals surface area contributed by atoms with E-state index in [2.05, 4.69) is 34.1 Å². The second-order valence-corrected chi connectivity index (χ2v) is 5.08. The van der Waals surface area contributed by atoms with Crippen LogP contribution in [0.1, 0.15) is 18.3 Å². The Labute approximate surface area is 116 Å². The molecule has 0 bridgehead atoms. The van der Waals surface area contributed by atoms with Gasteiger partial charge in [-0.05, 0) is 13.6 Å². The number of fused-ring (bicyclic) bond motifs is 1. The molecule has 0 amide bonds. The summed E-state index contributed by atoms with van der Waals surface area (Å²) < 4.78 is 0. The van der Waals surface area contributed by atoms with E-state index in [1.165, 1.54) is 11.4 Å². The lowest BCUT2D eigenvalue weighted by Gasteiger charge is -2.18. The van der Waals surface area contributed by atoms with Gasteiger partial charge in [0, 0.05) is 46.1 Å². The van der Waals surface area contributed by atoms with Crippen molar-refractivity contribution in [2.75, 3.05) is 51.7 Å². The highest BCUT2D eigenvalue weighted by atomic mass is 15.2. The topological polar surface area (TPSA) is 44.3 Å². The van der Waals surface area contributed by atoms with E-state index in [-0.39, 0.29) is 0 Å². The first-order chi connectivity index (χ1) is 9.24. The Morgan fingerprint density at radius 2 is 2.05 bits per heavy atom. The Hall–Kier alpha value is -1.20. The molecule has 1 N–H and O–H groups in total. The molecule has 0 aromatic carbocycles. The van der Waals surface area contributed by atoms with E-state index in [9.17, 15) is 0 Å². The van der Waals surface area contributed by atoms with Gasteiger partial charge >= 0.3 is 0 Å². The van der Waals surface area contributed by atoms with E-state index < -0.39 is 0 Å². The zero-order valence-electron chi connectivity index (χ0n) is 12.3. The fourth-order valence-corrected chi connectivity index (χ4v) is 2.38. The van der Waals surface area contributed by atoms with Crippen LogP contribution in [-0.2, 0) is 12.8 Å². The smallest absolute Gasteiger partial charge is 0.147 e. The molecule has 0 atom stereocenters. The largest absolute Gasteiger partial charge is 0.357 e. The van der Waals surface area contributed by atoms with Crippen molar-refractivity contribution in [1.82, 2.24) is 20.2 Å². The number of hydrogen-bond donors (Lipinski definition) is 1. The minimum atomic E-state index is 0.949. The fraction of sp³-hybridized carbons (Fsp3) is 0.714. The number of rotatable bonds is 5. The number of nitrogens with one attached hydrogen (secondary N) is 1. The predicted octanol–water partition coefficient (Wildman–Crippen LogP) is 0.553. The van der Waals surface area contributed by atoms with Gasteiger partial charge in [0.25, 0.3) is 0 Å². The minimum absolute atomic E-state index is 0.949. The molecule has 0 saturated carbocycles. The molecule has 5 nitrogen and oxygen atoms in total. The summed E-state index contributed by atoms with van der Waals surface area (Å²) in [6.45, 7) is 7.44. The third kappa shape index (κ3) is 3.64. The summed E-state index contributed by atoms with van der Waals surface area (Å²) in [6.07, 6.45) is 3.96. The van der Waals surface area contributed by atoms with Crippen LogP contribution in [0.15, 0.2) is 6.20 Å². The summed E-state index contributed by atoms with van der Waals surface area (Å²) in [5.41, 5.74) is 2.37. The van der Waals surface area contributed by atoms with Gasteiger partial charge in [-0.25, -0.2) is 4.98 Å². The highest BCUT2D eigenvalue weighted by Crippen LogP contribution is 2.15. The lowest BCUT2D eigenvalue weighted by atomic mass is 10.2. The first-order valence-electron chi connectivity index (χ1n) is 7.17. The summed E-state index contributed by atoms with van der Waals surface area (Å²) in [5.74, 6) is 0.985. The Kier molecular flexibility index (Phi) is 5.10. The van der Waals surface area contributed by atoms with Crippen molar-refractivity contribution in [2.24, 2.45) is 0 Å². The molecular formula is C14H25N5. The van der Waals surface area contributed by atoms with E-state index >= 15 is 0 Å². The van der Waals surface area contributed by atoms with Crippen molar-refractivity contribution >= 4 is 5.82 Å². The maximum atomic E-state index is 4.80. The number of aromatic nitrogens is 2. The zero-order valence-corrected chi connectivity index (χ0v) is 12.3. The van der Waals surface area contributed by atoms with E-state index in [4.69, 9.17) is 4.98 Å². The van der Waals surface area contributed by atoms with Gasteiger partial charge in [0.1, 0.15) is 5.82 Å². The van der Waals surface area contributed by atoms with Crippen LogP contribution in [0.25, 0.3) is 0 Å². The van der Waals surface area contributed by atoms with Gasteiger partial charge in [0.05, 0.1) is 17.6 Å². The molecule has 0 spiro atoms. The molecule has 19 heavy (non-hydrogen) atoms. The Morgan fingerprint density at radius 1 is 1.32 bits per heavy atom. The van der Waals surface area contributed by atoms with Gasteiger partial charge in [-0.2, -0.15) is 0 Å². The first kappa shape index (κ1) is 14.2. The molecule has 106 valence electrons. The normalized spacial score (nSPS) is 15.9. The number of hydrogen-bond acceptors (Lipinski definition) is 5. The van der Waals surface area contributed by atoms with Crippen molar-refractivity contribution < 1.29 is 0 Å². The van der Waals surface area contributed by atoms with E-state index in [0.717, 1.165) is 51.4 Å². The highest BCUT2D eigenvalue weighted by Gasteiger charge is 2.16. The predicted molar refractivity (Wildman–Crippen MR) is 78.8 cm³/mol. The number of nitrogens with zero attached hydrogens (tertiary/aromatic N) is 4. The molecule has 0 unspecified atom stereocenters. The third-order valence-corrected chi connectivity index (χ3v) is 3.78. The average Bonchev–Trinajstić information content (AvgIpc) is 2.66. The summed E-state index contributed by atoms with van der Waals surface area (Å²) in [6, 6.07) is 0. The lowest BCUT2D eigenvalue weighted by Crippen LogP contribution is -2.28. The molecule has 2 rings (SSSR count). The Morgan fingerprint density at radius 3 is 2.74 bits per heavy atom. The fourth-order valence-electron chi connectivity index (χ4n) is 2.38. The Balaban J connectivity index is 2.09. The van der Waals surface area contributed by atoms with Crippen molar-refractivity contribution in [1.29, 1.82) is 0 Å². The molecule has 1 aliphatic heterocycles. The van der Waals surface area contributed by atoms with Gasteiger partial charge in [0.2, 0.25) is 0 Å². The minimum Gasteiger partial charge on any atom is -0.357 e.